The molecule has 2 N–H and O–H groups in total. The average molecular weight is 621 g/mol. The Bertz CT molecular complexity index is 1890. The van der Waals surface area contributed by atoms with Gasteiger partial charge in [-0.2, -0.15) is 0 Å². The van der Waals surface area contributed by atoms with E-state index in [1.807, 2.05) is 6.07 Å². The highest BCUT2D eigenvalue weighted by molar-refractivity contribution is 9.10. The maximum absolute atomic E-state index is 13.4. The van der Waals surface area contributed by atoms with Crippen LogP contribution in [0.1, 0.15) is 22.6 Å². The smallest absolute Gasteiger partial charge is 0.344 e. The van der Waals surface area contributed by atoms with E-state index in [2.05, 4.69) is 36.8 Å². The van der Waals surface area contributed by atoms with Gasteiger partial charge in [0.15, 0.2) is 0 Å². The van der Waals surface area contributed by atoms with E-state index >= 15 is 0 Å². The van der Waals surface area contributed by atoms with Crippen molar-refractivity contribution in [1.29, 1.82) is 0 Å². The minimum absolute atomic E-state index is 0.173. The second kappa shape index (κ2) is 8.86. The summed E-state index contributed by atoms with van der Waals surface area (Å²) in [6, 6.07) is 18.5. The van der Waals surface area contributed by atoms with Crippen LogP contribution in [0.5, 0.6) is 11.5 Å². The number of hydrogen-bond acceptors (Lipinski definition) is 7. The summed E-state index contributed by atoms with van der Waals surface area (Å²) in [6.07, 6.45) is 1.54. The fraction of sp³-hybridized carbons (Fsp3) is 0.0357. The maximum atomic E-state index is 13.4. The fourth-order valence-electron chi connectivity index (χ4n) is 4.68. The van der Waals surface area contributed by atoms with Crippen LogP contribution in [-0.4, -0.2) is 15.2 Å². The van der Waals surface area contributed by atoms with E-state index in [-0.39, 0.29) is 44.6 Å². The molecule has 0 unspecified atom stereocenters. The van der Waals surface area contributed by atoms with Crippen LogP contribution >= 0.6 is 31.9 Å². The zero-order valence-electron chi connectivity index (χ0n) is 18.7. The Morgan fingerprint density at radius 2 is 1.24 bits per heavy atom. The number of halogens is 2. The third-order valence-electron chi connectivity index (χ3n) is 6.32. The van der Waals surface area contributed by atoms with Crippen LogP contribution in [0.15, 0.2) is 100 Å². The molecule has 182 valence electrons. The number of para-hydroxylation sites is 1. The number of hydrogen-bond donors (Lipinski definition) is 2. The van der Waals surface area contributed by atoms with Crippen LogP contribution in [0.3, 0.4) is 0 Å². The zero-order chi connectivity index (χ0) is 25.8. The number of pyridine rings is 1. The molecule has 0 amide bonds. The zero-order valence-corrected chi connectivity index (χ0v) is 21.9. The van der Waals surface area contributed by atoms with Gasteiger partial charge in [-0.25, -0.2) is 9.59 Å². The van der Waals surface area contributed by atoms with Gasteiger partial charge in [0.05, 0.1) is 33.3 Å². The number of nitrogens with zero attached hydrogens (tertiary/aromatic N) is 1. The van der Waals surface area contributed by atoms with Gasteiger partial charge in [0.25, 0.3) is 0 Å². The Morgan fingerprint density at radius 1 is 0.703 bits per heavy atom. The molecule has 0 aliphatic rings. The van der Waals surface area contributed by atoms with Gasteiger partial charge in [0.2, 0.25) is 0 Å². The Labute approximate surface area is 224 Å². The van der Waals surface area contributed by atoms with Gasteiger partial charge in [-0.15, -0.1) is 0 Å². The molecule has 0 radical (unpaired) electrons. The predicted octanol–water partition coefficient (Wildman–Crippen LogP) is 6.56. The van der Waals surface area contributed by atoms with Gasteiger partial charge in [-0.1, -0.05) is 50.1 Å². The van der Waals surface area contributed by atoms with Crippen molar-refractivity contribution in [2.45, 2.75) is 5.92 Å². The first kappa shape index (κ1) is 23.4. The van der Waals surface area contributed by atoms with Crippen LogP contribution in [0.4, 0.5) is 0 Å². The molecule has 0 fully saturated rings. The summed E-state index contributed by atoms with van der Waals surface area (Å²) in [4.78, 5) is 31.2. The normalized spacial score (nSPS) is 11.6. The molecular weight excluding hydrogens is 606 g/mol. The van der Waals surface area contributed by atoms with E-state index in [1.54, 1.807) is 60.7 Å². The van der Waals surface area contributed by atoms with Gasteiger partial charge in [0, 0.05) is 20.5 Å². The summed E-state index contributed by atoms with van der Waals surface area (Å²) in [5.74, 6) is -1.98. The molecule has 0 atom stereocenters. The van der Waals surface area contributed by atoms with E-state index < -0.39 is 17.2 Å². The molecule has 3 aromatic carbocycles. The average Bonchev–Trinajstić information content (AvgIpc) is 2.88. The van der Waals surface area contributed by atoms with Crippen LogP contribution < -0.4 is 11.3 Å². The second-order valence-corrected chi connectivity index (χ2v) is 10.3. The van der Waals surface area contributed by atoms with Gasteiger partial charge >= 0.3 is 11.3 Å². The summed E-state index contributed by atoms with van der Waals surface area (Å²) in [5.41, 5.74) is -0.724. The van der Waals surface area contributed by atoms with Crippen molar-refractivity contribution < 1.29 is 19.0 Å². The molecule has 0 aliphatic carbocycles. The highest BCUT2D eigenvalue weighted by Gasteiger charge is 2.33. The molecule has 3 heterocycles. The first-order valence-electron chi connectivity index (χ1n) is 11.1. The lowest BCUT2D eigenvalue weighted by Gasteiger charge is -2.21. The number of rotatable bonds is 3. The summed E-state index contributed by atoms with van der Waals surface area (Å²) >= 11 is 6.76. The molecule has 7 nitrogen and oxygen atoms in total. The molecule has 37 heavy (non-hydrogen) atoms. The lowest BCUT2D eigenvalue weighted by molar-refractivity contribution is 0.442. The Hall–Kier alpha value is -3.95. The molecule has 0 spiro atoms. The van der Waals surface area contributed by atoms with Crippen LogP contribution in [0.25, 0.3) is 32.8 Å². The van der Waals surface area contributed by atoms with Gasteiger partial charge in [0.1, 0.15) is 22.7 Å². The van der Waals surface area contributed by atoms with Crippen molar-refractivity contribution in [3.63, 3.8) is 0 Å². The molecule has 6 aromatic rings. The van der Waals surface area contributed by atoms with Crippen LogP contribution in [-0.2, 0) is 0 Å². The first-order chi connectivity index (χ1) is 17.8. The van der Waals surface area contributed by atoms with E-state index in [9.17, 15) is 19.8 Å². The molecule has 0 saturated heterocycles. The van der Waals surface area contributed by atoms with Crippen molar-refractivity contribution in [3.05, 3.63) is 119 Å². The van der Waals surface area contributed by atoms with Crippen LogP contribution in [0, 0.1) is 0 Å². The number of benzene rings is 3. The SMILES string of the molecule is O=c1oc2ccc(Br)cc2c(O)c1C(c1c(O)c2cc(Br)ccc2oc1=O)c1ccnc2ccccc12. The first-order valence-corrected chi connectivity index (χ1v) is 12.7. The van der Waals surface area contributed by atoms with E-state index in [1.165, 1.54) is 6.20 Å². The summed E-state index contributed by atoms with van der Waals surface area (Å²) in [7, 11) is 0. The Kier molecular flexibility index (Phi) is 5.62. The lowest BCUT2D eigenvalue weighted by atomic mass is 9.83. The molecule has 0 saturated carbocycles. The quantitative estimate of drug-likeness (QED) is 0.215. The predicted molar refractivity (Wildman–Crippen MR) is 146 cm³/mol. The maximum Gasteiger partial charge on any atom is 0.344 e. The fourth-order valence-corrected chi connectivity index (χ4v) is 5.40. The molecular formula is C28H15Br2NO6. The molecule has 0 bridgehead atoms. The van der Waals surface area contributed by atoms with Crippen molar-refractivity contribution in [2.24, 2.45) is 0 Å². The highest BCUT2D eigenvalue weighted by Crippen LogP contribution is 2.44. The molecule has 0 aliphatic heterocycles. The van der Waals surface area contributed by atoms with Gasteiger partial charge in [-0.05, 0) is 54.1 Å². The van der Waals surface area contributed by atoms with Crippen molar-refractivity contribution in [3.8, 4) is 11.5 Å². The van der Waals surface area contributed by atoms with Gasteiger partial charge < -0.3 is 19.0 Å². The number of aromatic hydroxyl groups is 2. The third-order valence-corrected chi connectivity index (χ3v) is 7.31. The number of fused-ring (bicyclic) bond motifs is 3. The third kappa shape index (κ3) is 3.82. The Morgan fingerprint density at radius 3 is 1.81 bits per heavy atom. The van der Waals surface area contributed by atoms with E-state index in [4.69, 9.17) is 8.83 Å². The second-order valence-electron chi connectivity index (χ2n) is 8.43. The monoisotopic (exact) mass is 619 g/mol. The topological polar surface area (TPSA) is 114 Å². The summed E-state index contributed by atoms with van der Waals surface area (Å²) in [5, 5.41) is 24.0. The largest absolute Gasteiger partial charge is 0.507 e. The van der Waals surface area contributed by atoms with Gasteiger partial charge in [-0.3, -0.25) is 4.98 Å². The summed E-state index contributed by atoms with van der Waals surface area (Å²) in [6.45, 7) is 0. The molecule has 6 rings (SSSR count). The standard InChI is InChI=1S/C28H15Br2NO6/c29-13-5-7-20-17(11-13)25(32)23(27(34)36-20)22(16-9-10-31-19-4-2-1-3-15(16)19)24-26(33)18-12-14(30)6-8-21(18)37-28(24)35/h1-12,22,32-33H. The van der Waals surface area contributed by atoms with Crippen molar-refractivity contribution in [1.82, 2.24) is 4.98 Å². The van der Waals surface area contributed by atoms with E-state index in [0.29, 0.717) is 25.4 Å². The molecule has 3 aromatic heterocycles. The molecule has 9 heteroatoms. The van der Waals surface area contributed by atoms with Crippen LogP contribution in [0.2, 0.25) is 0 Å². The minimum atomic E-state index is -1.24. The summed E-state index contributed by atoms with van der Waals surface area (Å²) < 4.78 is 12.5. The van der Waals surface area contributed by atoms with E-state index in [0.717, 1.165) is 0 Å². The highest BCUT2D eigenvalue weighted by atomic mass is 79.9. The minimum Gasteiger partial charge on any atom is -0.507 e. The van der Waals surface area contributed by atoms with Crippen molar-refractivity contribution in [2.75, 3.05) is 0 Å². The van der Waals surface area contributed by atoms with Crippen molar-refractivity contribution >= 4 is 64.7 Å². The Balaban J connectivity index is 1.79. The number of aromatic nitrogens is 1. The lowest BCUT2D eigenvalue weighted by Crippen LogP contribution is -2.21.